The summed E-state index contributed by atoms with van der Waals surface area (Å²) < 4.78 is 2.54. The minimum absolute atomic E-state index is 0.0300. The van der Waals surface area contributed by atoms with Crippen molar-refractivity contribution < 1.29 is 4.79 Å². The predicted molar refractivity (Wildman–Crippen MR) is 65.5 cm³/mol. The molecule has 3 rings (SSSR count). The average molecular weight is 262 g/mol. The fourth-order valence-corrected chi connectivity index (χ4v) is 2.56. The number of fused-ring (bicyclic) bond motifs is 1. The van der Waals surface area contributed by atoms with Crippen LogP contribution in [0.4, 0.5) is 0 Å². The summed E-state index contributed by atoms with van der Waals surface area (Å²) in [6, 6.07) is 0. The number of amides is 1. The third-order valence-corrected chi connectivity index (χ3v) is 3.56. The van der Waals surface area contributed by atoms with Crippen LogP contribution in [0.25, 0.3) is 5.65 Å². The van der Waals surface area contributed by atoms with Crippen LogP contribution in [0.15, 0.2) is 11.1 Å². The van der Waals surface area contributed by atoms with E-state index in [9.17, 15) is 9.59 Å². The zero-order chi connectivity index (χ0) is 13.4. The molecule has 1 fully saturated rings. The number of carbonyl (C=O) groups is 1. The Kier molecular flexibility index (Phi) is 2.77. The molecule has 1 amide bonds. The zero-order valence-corrected chi connectivity index (χ0v) is 10.3. The number of rotatable bonds is 3. The van der Waals surface area contributed by atoms with Crippen molar-refractivity contribution in [3.63, 3.8) is 0 Å². The van der Waals surface area contributed by atoms with Gasteiger partial charge < -0.3 is 5.73 Å². The van der Waals surface area contributed by atoms with E-state index < -0.39 is 5.91 Å². The maximum Gasteiger partial charge on any atom is 0.352 e. The number of hydrogen-bond acceptors (Lipinski definition) is 5. The number of aromatic nitrogens is 5. The lowest BCUT2D eigenvalue weighted by Gasteiger charge is -2.09. The highest BCUT2D eigenvalue weighted by molar-refractivity contribution is 5.96. The van der Waals surface area contributed by atoms with E-state index in [1.54, 1.807) is 0 Å². The fourth-order valence-electron chi connectivity index (χ4n) is 2.56. The number of imidazole rings is 1. The summed E-state index contributed by atoms with van der Waals surface area (Å²) >= 11 is 0. The molecule has 0 radical (unpaired) electrons. The van der Waals surface area contributed by atoms with Gasteiger partial charge in [-0.25, -0.2) is 14.2 Å². The summed E-state index contributed by atoms with van der Waals surface area (Å²) in [7, 11) is 0. The van der Waals surface area contributed by atoms with Crippen LogP contribution in [0.5, 0.6) is 0 Å². The van der Waals surface area contributed by atoms with Crippen molar-refractivity contribution in [2.45, 2.75) is 32.2 Å². The van der Waals surface area contributed by atoms with Gasteiger partial charge in [0.15, 0.2) is 11.3 Å². The van der Waals surface area contributed by atoms with Crippen molar-refractivity contribution in [2.24, 2.45) is 11.7 Å². The molecule has 1 saturated carbocycles. The standard InChI is InChI=1S/C11H14N6O2/c12-9(18)8-10-14-15-17(5-7-3-1-2-4-7)11(19)16(10)6-13-8/h6-7H,1-5H2,(H2,12,18). The predicted octanol–water partition coefficient (Wildman–Crippen LogP) is -0.425. The second-order valence-electron chi connectivity index (χ2n) is 4.86. The number of carbonyl (C=O) groups excluding carboxylic acids is 1. The van der Waals surface area contributed by atoms with E-state index in [1.165, 1.54) is 28.3 Å². The number of nitrogens with two attached hydrogens (primary N) is 1. The lowest BCUT2D eigenvalue weighted by molar-refractivity contribution is 0.0997. The Labute approximate surface area is 108 Å². The Bertz CT molecular complexity index is 682. The molecule has 0 spiro atoms. The Morgan fingerprint density at radius 3 is 2.84 bits per heavy atom. The molecule has 0 bridgehead atoms. The maximum absolute atomic E-state index is 12.2. The first-order valence-corrected chi connectivity index (χ1v) is 6.27. The van der Waals surface area contributed by atoms with Gasteiger partial charge in [0, 0.05) is 0 Å². The SMILES string of the molecule is NC(=O)c1ncn2c(=O)n(CC3CCCC3)nnc12. The monoisotopic (exact) mass is 262 g/mol. The summed E-state index contributed by atoms with van der Waals surface area (Å²) in [5.74, 6) is -0.242. The van der Waals surface area contributed by atoms with Gasteiger partial charge in [0.05, 0.1) is 6.54 Å². The minimum atomic E-state index is -0.718. The molecule has 2 aromatic heterocycles. The molecule has 1 aliphatic carbocycles. The topological polar surface area (TPSA) is 108 Å². The first-order chi connectivity index (χ1) is 9.16. The van der Waals surface area contributed by atoms with Gasteiger partial charge in [-0.1, -0.05) is 18.1 Å². The van der Waals surface area contributed by atoms with E-state index in [0.717, 1.165) is 12.8 Å². The Hall–Kier alpha value is -2.25. The molecule has 19 heavy (non-hydrogen) atoms. The van der Waals surface area contributed by atoms with Gasteiger partial charge in [0.2, 0.25) is 0 Å². The highest BCUT2D eigenvalue weighted by Crippen LogP contribution is 2.25. The molecule has 0 aromatic carbocycles. The number of nitrogens with zero attached hydrogens (tertiary/aromatic N) is 5. The molecule has 0 saturated heterocycles. The van der Waals surface area contributed by atoms with E-state index in [4.69, 9.17) is 5.73 Å². The normalized spacial score (nSPS) is 16.2. The van der Waals surface area contributed by atoms with Crippen LogP contribution in [-0.4, -0.2) is 30.3 Å². The quantitative estimate of drug-likeness (QED) is 0.807. The van der Waals surface area contributed by atoms with E-state index >= 15 is 0 Å². The van der Waals surface area contributed by atoms with Crippen molar-refractivity contribution in [1.29, 1.82) is 0 Å². The first kappa shape index (κ1) is 11.8. The smallest absolute Gasteiger partial charge is 0.352 e. The molecule has 2 aromatic rings. The molecule has 0 unspecified atom stereocenters. The van der Waals surface area contributed by atoms with Gasteiger partial charge in [0.1, 0.15) is 6.33 Å². The Morgan fingerprint density at radius 1 is 1.42 bits per heavy atom. The van der Waals surface area contributed by atoms with Gasteiger partial charge in [-0.3, -0.25) is 4.79 Å². The van der Waals surface area contributed by atoms with E-state index in [2.05, 4.69) is 15.3 Å². The molecule has 0 atom stereocenters. The van der Waals surface area contributed by atoms with Crippen LogP contribution >= 0.6 is 0 Å². The van der Waals surface area contributed by atoms with Gasteiger partial charge in [0.25, 0.3) is 5.91 Å². The van der Waals surface area contributed by atoms with Crippen LogP contribution in [0, 0.1) is 5.92 Å². The van der Waals surface area contributed by atoms with Crippen LogP contribution in [0.2, 0.25) is 0 Å². The minimum Gasteiger partial charge on any atom is -0.364 e. The molecule has 8 heteroatoms. The first-order valence-electron chi connectivity index (χ1n) is 6.27. The number of hydrogen-bond donors (Lipinski definition) is 1. The van der Waals surface area contributed by atoms with Crippen molar-refractivity contribution >= 4 is 11.6 Å². The summed E-state index contributed by atoms with van der Waals surface area (Å²) in [5, 5.41) is 7.75. The van der Waals surface area contributed by atoms with Crippen LogP contribution in [0.1, 0.15) is 36.2 Å². The van der Waals surface area contributed by atoms with Crippen molar-refractivity contribution in [1.82, 2.24) is 24.4 Å². The average Bonchev–Trinajstić information content (AvgIpc) is 3.01. The van der Waals surface area contributed by atoms with Crippen LogP contribution in [-0.2, 0) is 6.54 Å². The van der Waals surface area contributed by atoms with Crippen molar-refractivity contribution in [2.75, 3.05) is 0 Å². The lowest BCUT2D eigenvalue weighted by atomic mass is 10.1. The van der Waals surface area contributed by atoms with Gasteiger partial charge in [-0.05, 0) is 18.8 Å². The summed E-state index contributed by atoms with van der Waals surface area (Å²) in [6.07, 6.45) is 5.89. The second kappa shape index (κ2) is 4.45. The molecule has 1 aliphatic rings. The van der Waals surface area contributed by atoms with Crippen molar-refractivity contribution in [3.05, 3.63) is 22.5 Å². The maximum atomic E-state index is 12.2. The highest BCUT2D eigenvalue weighted by atomic mass is 16.2. The highest BCUT2D eigenvalue weighted by Gasteiger charge is 2.19. The fraction of sp³-hybridized carbons (Fsp3) is 0.545. The van der Waals surface area contributed by atoms with Gasteiger partial charge >= 0.3 is 5.69 Å². The molecule has 0 aliphatic heterocycles. The van der Waals surface area contributed by atoms with Crippen LogP contribution in [0.3, 0.4) is 0 Å². The summed E-state index contributed by atoms with van der Waals surface area (Å²) in [4.78, 5) is 27.1. The van der Waals surface area contributed by atoms with Crippen LogP contribution < -0.4 is 11.4 Å². The van der Waals surface area contributed by atoms with Gasteiger partial charge in [-0.15, -0.1) is 5.10 Å². The number of primary amides is 1. The Morgan fingerprint density at radius 2 is 2.16 bits per heavy atom. The lowest BCUT2D eigenvalue weighted by Crippen LogP contribution is -2.32. The third kappa shape index (κ3) is 1.98. The summed E-state index contributed by atoms with van der Waals surface area (Å²) in [6.45, 7) is 0.561. The second-order valence-corrected chi connectivity index (χ2v) is 4.86. The molecule has 2 N–H and O–H groups in total. The molecule has 2 heterocycles. The molecule has 8 nitrogen and oxygen atoms in total. The van der Waals surface area contributed by atoms with Gasteiger partial charge in [-0.2, -0.15) is 4.68 Å². The van der Waals surface area contributed by atoms with Crippen molar-refractivity contribution in [3.8, 4) is 0 Å². The zero-order valence-electron chi connectivity index (χ0n) is 10.3. The molecular weight excluding hydrogens is 248 g/mol. The van der Waals surface area contributed by atoms with E-state index in [-0.39, 0.29) is 17.0 Å². The van der Waals surface area contributed by atoms with E-state index in [0.29, 0.717) is 12.5 Å². The van der Waals surface area contributed by atoms with E-state index in [1.807, 2.05) is 0 Å². The Balaban J connectivity index is 2.01. The third-order valence-electron chi connectivity index (χ3n) is 3.56. The largest absolute Gasteiger partial charge is 0.364 e. The summed E-state index contributed by atoms with van der Waals surface area (Å²) in [5.41, 5.74) is 4.90. The molecule has 100 valence electrons. The molecular formula is C11H14N6O2.